The number of aromatic nitrogens is 2. The topological polar surface area (TPSA) is 55.0 Å². The van der Waals surface area contributed by atoms with Crippen LogP contribution >= 0.6 is 23.4 Å². The molecule has 1 aliphatic rings. The second-order valence-electron chi connectivity index (χ2n) is 3.85. The van der Waals surface area contributed by atoms with E-state index in [4.69, 9.17) is 17.3 Å². The fourth-order valence-electron chi connectivity index (χ4n) is 1.81. The maximum Gasteiger partial charge on any atom is 0.223 e. The predicted molar refractivity (Wildman–Crippen MR) is 70.2 cm³/mol. The predicted octanol–water partition coefficient (Wildman–Crippen LogP) is 2.04. The molecule has 1 saturated heterocycles. The van der Waals surface area contributed by atoms with E-state index in [-0.39, 0.29) is 5.95 Å². The van der Waals surface area contributed by atoms with E-state index in [1.54, 1.807) is 6.07 Å². The fraction of sp³-hybridized carbons (Fsp3) is 0.600. The first-order chi connectivity index (χ1) is 7.66. The van der Waals surface area contributed by atoms with Crippen LogP contribution in [0.2, 0.25) is 5.15 Å². The largest absolute Gasteiger partial charge is 0.368 e. The summed E-state index contributed by atoms with van der Waals surface area (Å²) in [5, 5.41) is 0.409. The minimum absolute atomic E-state index is 0.242. The first kappa shape index (κ1) is 11.8. The highest BCUT2D eigenvalue weighted by atomic mass is 35.5. The highest BCUT2D eigenvalue weighted by Gasteiger charge is 2.19. The molecule has 1 atom stereocenters. The van der Waals surface area contributed by atoms with E-state index in [9.17, 15) is 0 Å². The van der Waals surface area contributed by atoms with Gasteiger partial charge in [0.15, 0.2) is 0 Å². The number of nitrogen functional groups attached to an aromatic ring is 1. The molecule has 0 bridgehead atoms. The highest BCUT2D eigenvalue weighted by molar-refractivity contribution is 7.99. The zero-order chi connectivity index (χ0) is 11.5. The number of nitrogens with zero attached hydrogens (tertiary/aromatic N) is 3. The Bertz CT molecular complexity index is 354. The van der Waals surface area contributed by atoms with Gasteiger partial charge in [-0.15, -0.1) is 0 Å². The summed E-state index contributed by atoms with van der Waals surface area (Å²) in [6.45, 7) is 3.19. The molecule has 0 aromatic carbocycles. The van der Waals surface area contributed by atoms with E-state index < -0.39 is 0 Å². The van der Waals surface area contributed by atoms with Gasteiger partial charge in [-0.3, -0.25) is 0 Å². The summed E-state index contributed by atoms with van der Waals surface area (Å²) in [6, 6.07) is 2.25. The molecule has 1 unspecified atom stereocenters. The summed E-state index contributed by atoms with van der Waals surface area (Å²) < 4.78 is 0. The van der Waals surface area contributed by atoms with E-state index in [0.29, 0.717) is 11.2 Å². The van der Waals surface area contributed by atoms with Crippen LogP contribution in [0.25, 0.3) is 0 Å². The molecule has 1 aromatic rings. The van der Waals surface area contributed by atoms with Gasteiger partial charge in [0.2, 0.25) is 5.95 Å². The van der Waals surface area contributed by atoms with Crippen molar-refractivity contribution < 1.29 is 0 Å². The molecule has 0 amide bonds. The molecule has 0 spiro atoms. The molecule has 2 N–H and O–H groups in total. The van der Waals surface area contributed by atoms with Gasteiger partial charge in [0.25, 0.3) is 0 Å². The molecule has 1 fully saturated rings. The fourth-order valence-corrected chi connectivity index (χ4v) is 3.03. The minimum atomic E-state index is 0.242. The Kier molecular flexibility index (Phi) is 3.76. The third-order valence-corrected chi connectivity index (χ3v) is 3.87. The van der Waals surface area contributed by atoms with Gasteiger partial charge in [0.05, 0.1) is 0 Å². The summed E-state index contributed by atoms with van der Waals surface area (Å²) in [5.41, 5.74) is 5.61. The Morgan fingerprint density at radius 2 is 2.31 bits per heavy atom. The van der Waals surface area contributed by atoms with E-state index in [1.807, 2.05) is 11.8 Å². The molecule has 88 valence electrons. The van der Waals surface area contributed by atoms with Crippen LogP contribution < -0.4 is 10.6 Å². The van der Waals surface area contributed by atoms with Crippen molar-refractivity contribution in [2.75, 3.05) is 28.7 Å². The molecule has 1 aliphatic heterocycles. The maximum atomic E-state index is 5.89. The van der Waals surface area contributed by atoms with Crippen LogP contribution in [-0.4, -0.2) is 34.1 Å². The molecule has 1 aromatic heterocycles. The molecular weight excluding hydrogens is 244 g/mol. The number of halogens is 1. The first-order valence-corrected chi connectivity index (χ1v) is 6.84. The van der Waals surface area contributed by atoms with Crippen LogP contribution in [-0.2, 0) is 0 Å². The molecule has 2 heterocycles. The maximum absolute atomic E-state index is 5.89. The van der Waals surface area contributed by atoms with Crippen molar-refractivity contribution in [3.8, 4) is 0 Å². The van der Waals surface area contributed by atoms with Crippen molar-refractivity contribution in [1.82, 2.24) is 9.97 Å². The molecule has 6 heteroatoms. The molecule has 2 rings (SSSR count). The summed E-state index contributed by atoms with van der Waals surface area (Å²) in [4.78, 5) is 10.4. The van der Waals surface area contributed by atoms with Crippen molar-refractivity contribution in [2.24, 2.45) is 0 Å². The third kappa shape index (κ3) is 2.71. The normalized spacial score (nSPS) is 21.9. The third-order valence-electron chi connectivity index (χ3n) is 2.68. The first-order valence-electron chi connectivity index (χ1n) is 5.31. The standard InChI is InChI=1S/C10H15ClN4S/c1-7-2-4-16-5-3-15(7)9-6-8(11)13-10(12)14-9/h6-7H,2-5H2,1H3,(H2,12,13,14). The van der Waals surface area contributed by atoms with Gasteiger partial charge < -0.3 is 10.6 Å². The molecule has 16 heavy (non-hydrogen) atoms. The number of nitrogens with two attached hydrogens (primary N) is 1. The Morgan fingerprint density at radius 3 is 3.06 bits per heavy atom. The average molecular weight is 259 g/mol. The zero-order valence-corrected chi connectivity index (χ0v) is 10.8. The van der Waals surface area contributed by atoms with Crippen LogP contribution in [0.4, 0.5) is 11.8 Å². The minimum Gasteiger partial charge on any atom is -0.368 e. The van der Waals surface area contributed by atoms with Gasteiger partial charge in [-0.2, -0.15) is 16.7 Å². The van der Waals surface area contributed by atoms with Crippen LogP contribution in [0.5, 0.6) is 0 Å². The van der Waals surface area contributed by atoms with Crippen molar-refractivity contribution in [3.05, 3.63) is 11.2 Å². The van der Waals surface area contributed by atoms with E-state index >= 15 is 0 Å². The Hall–Kier alpha value is -0.680. The Morgan fingerprint density at radius 1 is 1.50 bits per heavy atom. The Balaban J connectivity index is 2.26. The number of rotatable bonds is 1. The lowest BCUT2D eigenvalue weighted by Gasteiger charge is -2.27. The Labute approximate surface area is 105 Å². The number of thioether (sulfide) groups is 1. The van der Waals surface area contributed by atoms with Crippen LogP contribution in [0, 0.1) is 0 Å². The second kappa shape index (κ2) is 5.10. The van der Waals surface area contributed by atoms with Crippen molar-refractivity contribution >= 4 is 35.1 Å². The van der Waals surface area contributed by atoms with Crippen molar-refractivity contribution in [2.45, 2.75) is 19.4 Å². The molecular formula is C10H15ClN4S. The summed E-state index contributed by atoms with van der Waals surface area (Å²) in [5.74, 6) is 3.40. The van der Waals surface area contributed by atoms with Crippen LogP contribution in [0.3, 0.4) is 0 Å². The van der Waals surface area contributed by atoms with E-state index in [2.05, 4.69) is 21.8 Å². The lowest BCUT2D eigenvalue weighted by atomic mass is 10.2. The van der Waals surface area contributed by atoms with Crippen LogP contribution in [0.15, 0.2) is 6.07 Å². The highest BCUT2D eigenvalue weighted by Crippen LogP contribution is 2.24. The summed E-state index contributed by atoms with van der Waals surface area (Å²) in [6.07, 6.45) is 1.16. The molecule has 4 nitrogen and oxygen atoms in total. The zero-order valence-electron chi connectivity index (χ0n) is 9.19. The van der Waals surface area contributed by atoms with Gasteiger partial charge in [-0.25, -0.2) is 4.98 Å². The summed E-state index contributed by atoms with van der Waals surface area (Å²) in [7, 11) is 0. The van der Waals surface area contributed by atoms with Gasteiger partial charge in [0.1, 0.15) is 11.0 Å². The molecule has 0 radical (unpaired) electrons. The lowest BCUT2D eigenvalue weighted by Crippen LogP contribution is -2.34. The quantitative estimate of drug-likeness (QED) is 0.782. The van der Waals surface area contributed by atoms with Gasteiger partial charge in [-0.05, 0) is 19.1 Å². The van der Waals surface area contributed by atoms with Gasteiger partial charge in [-0.1, -0.05) is 11.6 Å². The van der Waals surface area contributed by atoms with Crippen molar-refractivity contribution in [1.29, 1.82) is 0 Å². The van der Waals surface area contributed by atoms with Crippen molar-refractivity contribution in [3.63, 3.8) is 0 Å². The number of hydrogen-bond acceptors (Lipinski definition) is 5. The van der Waals surface area contributed by atoms with E-state index in [1.165, 1.54) is 5.75 Å². The molecule has 0 saturated carbocycles. The smallest absolute Gasteiger partial charge is 0.223 e. The number of hydrogen-bond donors (Lipinski definition) is 1. The average Bonchev–Trinajstić information content (AvgIpc) is 2.41. The lowest BCUT2D eigenvalue weighted by molar-refractivity contribution is 0.638. The van der Waals surface area contributed by atoms with Crippen LogP contribution in [0.1, 0.15) is 13.3 Å². The molecule has 0 aliphatic carbocycles. The SMILES string of the molecule is CC1CCSCCN1c1cc(Cl)nc(N)n1. The van der Waals surface area contributed by atoms with Gasteiger partial charge >= 0.3 is 0 Å². The van der Waals surface area contributed by atoms with E-state index in [0.717, 1.165) is 24.5 Å². The summed E-state index contributed by atoms with van der Waals surface area (Å²) >= 11 is 7.87. The number of anilines is 2. The monoisotopic (exact) mass is 258 g/mol. The second-order valence-corrected chi connectivity index (χ2v) is 5.46. The van der Waals surface area contributed by atoms with Gasteiger partial charge in [0, 0.05) is 24.4 Å².